The molecule has 0 saturated carbocycles. The minimum absolute atomic E-state index is 0.253. The maximum Gasteiger partial charge on any atom is 0.421 e. The standard InChI is InChI=1S/C10H6ClF3O2/c11-6-1-2-7-5(3-6)4-8(16-7)9(15)10(12,13)14/h1-4,9,15H/t9-/m1/s1. The van der Waals surface area contributed by atoms with E-state index in [1.54, 1.807) is 0 Å². The molecule has 0 aliphatic rings. The molecule has 86 valence electrons. The monoisotopic (exact) mass is 250 g/mol. The summed E-state index contributed by atoms with van der Waals surface area (Å²) in [6, 6.07) is 5.54. The molecule has 6 heteroatoms. The van der Waals surface area contributed by atoms with Crippen LogP contribution in [0.2, 0.25) is 5.02 Å². The lowest BCUT2D eigenvalue weighted by molar-refractivity contribution is -0.211. The Morgan fingerprint density at radius 2 is 1.94 bits per heavy atom. The number of hydrogen-bond donors (Lipinski definition) is 1. The Kier molecular flexibility index (Phi) is 2.59. The molecular formula is C10H6ClF3O2. The van der Waals surface area contributed by atoms with E-state index in [2.05, 4.69) is 0 Å². The highest BCUT2D eigenvalue weighted by molar-refractivity contribution is 6.31. The van der Waals surface area contributed by atoms with Gasteiger partial charge >= 0.3 is 6.18 Å². The maximum absolute atomic E-state index is 12.2. The Hall–Kier alpha value is -1.20. The zero-order chi connectivity index (χ0) is 11.9. The first-order valence-electron chi connectivity index (χ1n) is 4.32. The summed E-state index contributed by atoms with van der Waals surface area (Å²) < 4.78 is 41.5. The van der Waals surface area contributed by atoms with Gasteiger partial charge in [-0.25, -0.2) is 0 Å². The molecule has 1 N–H and O–H groups in total. The third-order valence-electron chi connectivity index (χ3n) is 2.08. The SMILES string of the molecule is O[C@H](c1cc2cc(Cl)ccc2o1)C(F)(F)F. The largest absolute Gasteiger partial charge is 0.458 e. The van der Waals surface area contributed by atoms with E-state index in [0.717, 1.165) is 6.07 Å². The molecule has 0 fully saturated rings. The van der Waals surface area contributed by atoms with E-state index in [-0.39, 0.29) is 5.58 Å². The number of furan rings is 1. The quantitative estimate of drug-likeness (QED) is 0.837. The Bertz CT molecular complexity index is 518. The van der Waals surface area contributed by atoms with Crippen LogP contribution in [0, 0.1) is 0 Å². The Balaban J connectivity index is 2.47. The van der Waals surface area contributed by atoms with Crippen LogP contribution in [-0.4, -0.2) is 11.3 Å². The van der Waals surface area contributed by atoms with Crippen LogP contribution in [0.3, 0.4) is 0 Å². The van der Waals surface area contributed by atoms with E-state index < -0.39 is 18.0 Å². The summed E-state index contributed by atoms with van der Waals surface area (Å²) >= 11 is 5.67. The van der Waals surface area contributed by atoms with Crippen LogP contribution in [0.25, 0.3) is 11.0 Å². The normalized spacial score (nSPS) is 14.3. The number of aliphatic hydroxyl groups excluding tert-OH is 1. The summed E-state index contributed by atoms with van der Waals surface area (Å²) in [5.41, 5.74) is 0.253. The fourth-order valence-electron chi connectivity index (χ4n) is 1.33. The number of alkyl halides is 3. The molecule has 1 atom stereocenters. The zero-order valence-electron chi connectivity index (χ0n) is 7.75. The van der Waals surface area contributed by atoms with Crippen molar-refractivity contribution in [3.05, 3.63) is 35.0 Å². The molecule has 0 amide bonds. The molecule has 0 bridgehead atoms. The van der Waals surface area contributed by atoms with Gasteiger partial charge in [0.2, 0.25) is 6.10 Å². The van der Waals surface area contributed by atoms with E-state index in [0.29, 0.717) is 10.4 Å². The van der Waals surface area contributed by atoms with Gasteiger partial charge in [0, 0.05) is 10.4 Å². The van der Waals surface area contributed by atoms with Crippen molar-refractivity contribution in [1.29, 1.82) is 0 Å². The van der Waals surface area contributed by atoms with Crippen LogP contribution in [0.4, 0.5) is 13.2 Å². The van der Waals surface area contributed by atoms with Gasteiger partial charge in [-0.1, -0.05) is 11.6 Å². The molecule has 2 rings (SSSR count). The molecule has 0 unspecified atom stereocenters. The number of benzene rings is 1. The predicted octanol–water partition coefficient (Wildman–Crippen LogP) is 3.68. The van der Waals surface area contributed by atoms with Crippen LogP contribution < -0.4 is 0 Å². The summed E-state index contributed by atoms with van der Waals surface area (Å²) in [7, 11) is 0. The first-order valence-corrected chi connectivity index (χ1v) is 4.69. The number of hydrogen-bond acceptors (Lipinski definition) is 2. The highest BCUT2D eigenvalue weighted by Gasteiger charge is 2.41. The number of aliphatic hydroxyl groups is 1. The van der Waals surface area contributed by atoms with Crippen molar-refractivity contribution in [1.82, 2.24) is 0 Å². The second kappa shape index (κ2) is 3.68. The van der Waals surface area contributed by atoms with E-state index in [1.165, 1.54) is 18.2 Å². The van der Waals surface area contributed by atoms with Gasteiger partial charge in [0.15, 0.2) is 0 Å². The number of rotatable bonds is 1. The van der Waals surface area contributed by atoms with Crippen LogP contribution in [-0.2, 0) is 0 Å². The lowest BCUT2D eigenvalue weighted by atomic mass is 10.2. The molecule has 1 heterocycles. The van der Waals surface area contributed by atoms with Crippen molar-refractivity contribution in [2.45, 2.75) is 12.3 Å². The summed E-state index contributed by atoms with van der Waals surface area (Å²) in [4.78, 5) is 0. The van der Waals surface area contributed by atoms with Crippen LogP contribution in [0.1, 0.15) is 11.9 Å². The van der Waals surface area contributed by atoms with Gasteiger partial charge in [0.1, 0.15) is 11.3 Å². The Labute approximate surface area is 93.2 Å². The van der Waals surface area contributed by atoms with E-state index in [4.69, 9.17) is 21.1 Å². The van der Waals surface area contributed by atoms with Crippen LogP contribution in [0.5, 0.6) is 0 Å². The first kappa shape index (κ1) is 11.3. The molecule has 0 aliphatic heterocycles. The summed E-state index contributed by atoms with van der Waals surface area (Å²) in [5.74, 6) is -0.537. The van der Waals surface area contributed by atoms with Crippen LogP contribution >= 0.6 is 11.6 Å². The Morgan fingerprint density at radius 3 is 2.56 bits per heavy atom. The zero-order valence-corrected chi connectivity index (χ0v) is 8.51. The number of halogens is 4. The average Bonchev–Trinajstić information content (AvgIpc) is 2.57. The maximum atomic E-state index is 12.2. The minimum atomic E-state index is -4.74. The average molecular weight is 251 g/mol. The third kappa shape index (κ3) is 2.01. The van der Waals surface area contributed by atoms with Crippen LogP contribution in [0.15, 0.2) is 28.7 Å². The van der Waals surface area contributed by atoms with Crippen molar-refractivity contribution in [2.75, 3.05) is 0 Å². The Morgan fingerprint density at radius 1 is 1.25 bits per heavy atom. The summed E-state index contributed by atoms with van der Waals surface area (Å²) in [6.45, 7) is 0. The van der Waals surface area contributed by atoms with E-state index in [9.17, 15) is 13.2 Å². The van der Waals surface area contributed by atoms with Crippen molar-refractivity contribution >= 4 is 22.6 Å². The molecule has 0 saturated heterocycles. The highest BCUT2D eigenvalue weighted by Crippen LogP contribution is 2.35. The molecule has 0 aliphatic carbocycles. The predicted molar refractivity (Wildman–Crippen MR) is 52.2 cm³/mol. The topological polar surface area (TPSA) is 33.4 Å². The van der Waals surface area contributed by atoms with Gasteiger partial charge in [-0.05, 0) is 24.3 Å². The van der Waals surface area contributed by atoms with Gasteiger partial charge in [-0.3, -0.25) is 0 Å². The van der Waals surface area contributed by atoms with Crippen molar-refractivity contribution in [2.24, 2.45) is 0 Å². The molecule has 16 heavy (non-hydrogen) atoms. The summed E-state index contributed by atoms with van der Waals surface area (Å²) in [5, 5.41) is 9.79. The van der Waals surface area contributed by atoms with Crippen molar-refractivity contribution < 1.29 is 22.7 Å². The van der Waals surface area contributed by atoms with Gasteiger partial charge in [0.25, 0.3) is 0 Å². The van der Waals surface area contributed by atoms with Gasteiger partial charge < -0.3 is 9.52 Å². The van der Waals surface area contributed by atoms with Gasteiger partial charge in [-0.2, -0.15) is 13.2 Å². The van der Waals surface area contributed by atoms with E-state index in [1.807, 2.05) is 0 Å². The molecule has 0 spiro atoms. The fourth-order valence-corrected chi connectivity index (χ4v) is 1.51. The molecule has 0 radical (unpaired) electrons. The van der Waals surface area contributed by atoms with E-state index >= 15 is 0 Å². The second-order valence-electron chi connectivity index (χ2n) is 3.28. The molecule has 1 aromatic carbocycles. The van der Waals surface area contributed by atoms with Crippen molar-refractivity contribution in [3.8, 4) is 0 Å². The van der Waals surface area contributed by atoms with Gasteiger partial charge in [-0.15, -0.1) is 0 Å². The highest BCUT2D eigenvalue weighted by atomic mass is 35.5. The second-order valence-corrected chi connectivity index (χ2v) is 3.71. The molecular weight excluding hydrogens is 245 g/mol. The lowest BCUT2D eigenvalue weighted by Crippen LogP contribution is -2.19. The molecule has 2 aromatic rings. The first-order chi connectivity index (χ1) is 7.38. The number of fused-ring (bicyclic) bond motifs is 1. The summed E-state index contributed by atoms with van der Waals surface area (Å²) in [6.07, 6.45) is -7.35. The molecule has 1 aromatic heterocycles. The van der Waals surface area contributed by atoms with Gasteiger partial charge in [0.05, 0.1) is 0 Å². The van der Waals surface area contributed by atoms with Crippen molar-refractivity contribution in [3.63, 3.8) is 0 Å². The molecule has 2 nitrogen and oxygen atoms in total. The minimum Gasteiger partial charge on any atom is -0.458 e. The fraction of sp³-hybridized carbons (Fsp3) is 0.200. The third-order valence-corrected chi connectivity index (χ3v) is 2.31. The lowest BCUT2D eigenvalue weighted by Gasteiger charge is -2.10. The smallest absolute Gasteiger partial charge is 0.421 e.